The molecule has 1 atom stereocenters. The molecule has 1 rings (SSSR count). The Kier molecular flexibility index (Phi) is 2.36. The zero-order valence-electron chi connectivity index (χ0n) is 6.89. The molecule has 0 saturated heterocycles. The quantitative estimate of drug-likeness (QED) is 0.513. The van der Waals surface area contributed by atoms with E-state index in [-0.39, 0.29) is 6.04 Å². The molecule has 0 radical (unpaired) electrons. The number of nitrogens with one attached hydrogen (secondary N) is 2. The largest absolute Gasteiger partial charge is 0.397 e. The van der Waals surface area contributed by atoms with E-state index in [1.54, 1.807) is 6.34 Å². The van der Waals surface area contributed by atoms with Gasteiger partial charge in [0.05, 0.1) is 18.1 Å². The van der Waals surface area contributed by atoms with Crippen molar-refractivity contribution in [3.05, 3.63) is 11.5 Å². The Bertz CT molecular complexity index is 195. The third-order valence-corrected chi connectivity index (χ3v) is 1.60. The summed E-state index contributed by atoms with van der Waals surface area (Å²) < 4.78 is 0. The molecule has 11 heavy (non-hydrogen) atoms. The van der Waals surface area contributed by atoms with E-state index in [0.29, 0.717) is 0 Å². The van der Waals surface area contributed by atoms with Crippen LogP contribution >= 0.6 is 0 Å². The molecular weight excluding hydrogens is 140 g/mol. The number of nitrogens with zero attached hydrogens (tertiary/aromatic N) is 1. The van der Waals surface area contributed by atoms with E-state index < -0.39 is 0 Å². The first-order chi connectivity index (χ1) is 5.25. The summed E-state index contributed by atoms with van der Waals surface area (Å²) in [5, 5.41) is 6.09. The van der Waals surface area contributed by atoms with Gasteiger partial charge in [0.2, 0.25) is 0 Å². The van der Waals surface area contributed by atoms with E-state index >= 15 is 0 Å². The zero-order valence-corrected chi connectivity index (χ0v) is 6.89. The van der Waals surface area contributed by atoms with Gasteiger partial charge in [-0.3, -0.25) is 0 Å². The summed E-state index contributed by atoms with van der Waals surface area (Å²) in [5.74, 6) is 0.791. The van der Waals surface area contributed by atoms with Crippen LogP contribution in [0.2, 0.25) is 0 Å². The van der Waals surface area contributed by atoms with E-state index in [1.807, 2.05) is 13.8 Å². The predicted octanol–water partition coefficient (Wildman–Crippen LogP) is -0.256. The van der Waals surface area contributed by atoms with Crippen molar-refractivity contribution in [2.75, 3.05) is 6.54 Å². The fraction of sp³-hybridized carbons (Fsp3) is 0.571. The molecule has 0 spiro atoms. The van der Waals surface area contributed by atoms with E-state index in [9.17, 15) is 0 Å². The molecule has 0 aromatic heterocycles. The second-order valence-electron chi connectivity index (χ2n) is 2.48. The summed E-state index contributed by atoms with van der Waals surface area (Å²) in [5.41, 5.74) is 6.52. The molecule has 62 valence electrons. The number of rotatable bonds is 2. The normalized spacial score (nSPS) is 23.3. The van der Waals surface area contributed by atoms with Crippen LogP contribution in [0.5, 0.6) is 0 Å². The van der Waals surface area contributed by atoms with Crippen molar-refractivity contribution >= 4 is 6.34 Å². The Morgan fingerprint density at radius 1 is 1.82 bits per heavy atom. The predicted molar refractivity (Wildman–Crippen MR) is 46.0 cm³/mol. The molecule has 1 unspecified atom stereocenters. The van der Waals surface area contributed by atoms with Gasteiger partial charge in [-0.2, -0.15) is 0 Å². The van der Waals surface area contributed by atoms with Crippen LogP contribution in [0, 0.1) is 0 Å². The topological polar surface area (TPSA) is 62.4 Å². The van der Waals surface area contributed by atoms with E-state index in [0.717, 1.165) is 18.1 Å². The lowest BCUT2D eigenvalue weighted by molar-refractivity contribution is 0.692. The molecule has 0 saturated carbocycles. The van der Waals surface area contributed by atoms with Gasteiger partial charge in [0.15, 0.2) is 0 Å². The molecule has 1 heterocycles. The van der Waals surface area contributed by atoms with Crippen LogP contribution < -0.4 is 16.4 Å². The molecule has 4 heteroatoms. The van der Waals surface area contributed by atoms with Crippen LogP contribution in [0.15, 0.2) is 16.5 Å². The lowest BCUT2D eigenvalue weighted by atomic mass is 10.2. The first-order valence-electron chi connectivity index (χ1n) is 3.77. The summed E-state index contributed by atoms with van der Waals surface area (Å²) >= 11 is 0. The summed E-state index contributed by atoms with van der Waals surface area (Å²) in [7, 11) is 0. The van der Waals surface area contributed by atoms with E-state index in [1.165, 1.54) is 0 Å². The van der Waals surface area contributed by atoms with Gasteiger partial charge in [-0.1, -0.05) is 0 Å². The number of hydrogen-bond donors (Lipinski definition) is 3. The fourth-order valence-corrected chi connectivity index (χ4v) is 0.898. The van der Waals surface area contributed by atoms with Crippen LogP contribution in [0.25, 0.3) is 0 Å². The Morgan fingerprint density at radius 3 is 3.18 bits per heavy atom. The highest BCUT2D eigenvalue weighted by Crippen LogP contribution is 2.04. The molecule has 0 amide bonds. The van der Waals surface area contributed by atoms with Gasteiger partial charge in [-0.05, 0) is 13.8 Å². The van der Waals surface area contributed by atoms with Crippen molar-refractivity contribution in [1.29, 1.82) is 0 Å². The van der Waals surface area contributed by atoms with E-state index in [2.05, 4.69) is 15.6 Å². The van der Waals surface area contributed by atoms with Crippen molar-refractivity contribution < 1.29 is 0 Å². The van der Waals surface area contributed by atoms with Crippen LogP contribution in [0.1, 0.15) is 13.8 Å². The minimum atomic E-state index is 0.182. The zero-order chi connectivity index (χ0) is 8.27. The second-order valence-corrected chi connectivity index (χ2v) is 2.48. The molecule has 0 bridgehead atoms. The molecule has 4 nitrogen and oxygen atoms in total. The molecule has 1 aliphatic heterocycles. The van der Waals surface area contributed by atoms with Crippen molar-refractivity contribution in [2.45, 2.75) is 19.9 Å². The minimum absolute atomic E-state index is 0.182. The molecule has 1 aliphatic rings. The highest BCUT2D eigenvalue weighted by atomic mass is 15.1. The summed E-state index contributed by atoms with van der Waals surface area (Å²) in [6.07, 6.45) is 1.67. The van der Waals surface area contributed by atoms with Crippen molar-refractivity contribution in [1.82, 2.24) is 10.6 Å². The fourth-order valence-electron chi connectivity index (χ4n) is 0.898. The molecule has 4 N–H and O–H groups in total. The molecule has 0 aliphatic carbocycles. The van der Waals surface area contributed by atoms with Crippen LogP contribution in [-0.2, 0) is 0 Å². The van der Waals surface area contributed by atoms with Gasteiger partial charge in [-0.25, -0.2) is 4.99 Å². The standard InChI is InChI=1S/C7H14N4/c1-3-9-7-6(8)5(2)10-4-11-7/h4-5,9H,3,8H2,1-2H3,(H,10,11). The highest BCUT2D eigenvalue weighted by molar-refractivity contribution is 5.59. The third-order valence-electron chi connectivity index (χ3n) is 1.60. The summed E-state index contributed by atoms with van der Waals surface area (Å²) in [4.78, 5) is 4.06. The highest BCUT2D eigenvalue weighted by Gasteiger charge is 2.11. The lowest BCUT2D eigenvalue weighted by Gasteiger charge is -2.19. The van der Waals surface area contributed by atoms with E-state index in [4.69, 9.17) is 5.73 Å². The number of aliphatic imine (C=N–C) groups is 1. The Morgan fingerprint density at radius 2 is 2.55 bits per heavy atom. The number of hydrogen-bond acceptors (Lipinski definition) is 4. The first-order valence-corrected chi connectivity index (χ1v) is 3.77. The third kappa shape index (κ3) is 1.63. The average Bonchev–Trinajstić information content (AvgIpc) is 1.99. The molecule has 0 aromatic rings. The second kappa shape index (κ2) is 3.27. The van der Waals surface area contributed by atoms with Gasteiger partial charge < -0.3 is 16.4 Å². The van der Waals surface area contributed by atoms with Gasteiger partial charge in [-0.15, -0.1) is 0 Å². The molecule has 0 aromatic carbocycles. The van der Waals surface area contributed by atoms with Gasteiger partial charge >= 0.3 is 0 Å². The van der Waals surface area contributed by atoms with Crippen molar-refractivity contribution in [3.8, 4) is 0 Å². The Labute approximate surface area is 66.6 Å². The summed E-state index contributed by atoms with van der Waals surface area (Å²) in [6.45, 7) is 4.86. The SMILES string of the molecule is CCNC1=C(N)C(C)NC=N1. The Hall–Kier alpha value is -1.19. The maximum absolute atomic E-state index is 5.75. The van der Waals surface area contributed by atoms with Crippen LogP contribution in [0.4, 0.5) is 0 Å². The molecule has 0 fully saturated rings. The molecular formula is C7H14N4. The minimum Gasteiger partial charge on any atom is -0.397 e. The van der Waals surface area contributed by atoms with Gasteiger partial charge in [0.1, 0.15) is 5.82 Å². The maximum atomic E-state index is 5.75. The smallest absolute Gasteiger partial charge is 0.148 e. The first kappa shape index (κ1) is 7.91. The lowest BCUT2D eigenvalue weighted by Crippen LogP contribution is -2.37. The van der Waals surface area contributed by atoms with Crippen LogP contribution in [-0.4, -0.2) is 18.9 Å². The maximum Gasteiger partial charge on any atom is 0.148 e. The van der Waals surface area contributed by atoms with Gasteiger partial charge in [0.25, 0.3) is 0 Å². The average molecular weight is 154 g/mol. The number of nitrogens with two attached hydrogens (primary N) is 1. The summed E-state index contributed by atoms with van der Waals surface area (Å²) in [6, 6.07) is 0.182. The van der Waals surface area contributed by atoms with Crippen molar-refractivity contribution in [3.63, 3.8) is 0 Å². The van der Waals surface area contributed by atoms with Gasteiger partial charge in [0, 0.05) is 6.54 Å². The monoisotopic (exact) mass is 154 g/mol. The Balaban J connectivity index is 2.72. The van der Waals surface area contributed by atoms with Crippen LogP contribution in [0.3, 0.4) is 0 Å². The van der Waals surface area contributed by atoms with Crippen molar-refractivity contribution in [2.24, 2.45) is 10.7 Å².